The molecule has 2 N–H and O–H groups in total. The van der Waals surface area contributed by atoms with E-state index >= 15 is 0 Å². The molecule has 0 amide bonds. The molecule has 1 aromatic rings. The van der Waals surface area contributed by atoms with E-state index in [0.29, 0.717) is 0 Å². The predicted molar refractivity (Wildman–Crippen MR) is 70.2 cm³/mol. The minimum Gasteiger partial charge on any atom is -0.497 e. The summed E-state index contributed by atoms with van der Waals surface area (Å²) in [5.74, 6) is 0.839. The predicted octanol–water partition coefficient (Wildman–Crippen LogP) is 2.76. The van der Waals surface area contributed by atoms with Gasteiger partial charge in [0, 0.05) is 7.11 Å². The molecule has 1 aromatic carbocycles. The molecule has 2 unspecified atom stereocenters. The number of rotatable bonds is 4. The van der Waals surface area contributed by atoms with Crippen molar-refractivity contribution in [3.63, 3.8) is 0 Å². The van der Waals surface area contributed by atoms with Gasteiger partial charge in [-0.1, -0.05) is 32.9 Å². The van der Waals surface area contributed by atoms with Gasteiger partial charge in [0.05, 0.1) is 19.3 Å². The van der Waals surface area contributed by atoms with Gasteiger partial charge in [0.15, 0.2) is 0 Å². The second-order valence-corrected chi connectivity index (χ2v) is 5.32. The van der Waals surface area contributed by atoms with E-state index in [1.807, 2.05) is 24.3 Å². The molecular weight excluding hydrogens is 214 g/mol. The SMILES string of the molecule is COc1ccc(C(N)C(OC)C(C)(C)C)cc1. The molecule has 0 heterocycles. The Kier molecular flexibility index (Phi) is 4.54. The fraction of sp³-hybridized carbons (Fsp3) is 0.571. The van der Waals surface area contributed by atoms with Crippen LogP contribution < -0.4 is 10.5 Å². The number of benzene rings is 1. The normalized spacial score (nSPS) is 15.4. The van der Waals surface area contributed by atoms with Crippen molar-refractivity contribution in [3.8, 4) is 5.75 Å². The van der Waals surface area contributed by atoms with Gasteiger partial charge in [-0.2, -0.15) is 0 Å². The van der Waals surface area contributed by atoms with Crippen LogP contribution in [0.4, 0.5) is 0 Å². The molecule has 0 bridgehead atoms. The maximum Gasteiger partial charge on any atom is 0.118 e. The molecule has 0 fully saturated rings. The van der Waals surface area contributed by atoms with E-state index in [9.17, 15) is 0 Å². The summed E-state index contributed by atoms with van der Waals surface area (Å²) in [6, 6.07) is 7.68. The summed E-state index contributed by atoms with van der Waals surface area (Å²) in [5, 5.41) is 0. The van der Waals surface area contributed by atoms with Gasteiger partial charge in [-0.3, -0.25) is 0 Å². The number of hydrogen-bond acceptors (Lipinski definition) is 3. The average molecular weight is 237 g/mol. The molecule has 17 heavy (non-hydrogen) atoms. The lowest BCUT2D eigenvalue weighted by atomic mass is 9.82. The molecule has 0 aliphatic carbocycles. The first-order chi connectivity index (χ1) is 7.90. The maximum atomic E-state index is 6.26. The summed E-state index contributed by atoms with van der Waals surface area (Å²) in [5.41, 5.74) is 7.33. The maximum absolute atomic E-state index is 6.26. The second-order valence-electron chi connectivity index (χ2n) is 5.32. The van der Waals surface area contributed by atoms with Gasteiger partial charge in [0.1, 0.15) is 5.75 Å². The van der Waals surface area contributed by atoms with Crippen molar-refractivity contribution in [2.45, 2.75) is 32.9 Å². The third-order valence-electron chi connectivity index (χ3n) is 2.93. The van der Waals surface area contributed by atoms with Gasteiger partial charge >= 0.3 is 0 Å². The quantitative estimate of drug-likeness (QED) is 0.875. The van der Waals surface area contributed by atoms with E-state index in [1.165, 1.54) is 0 Å². The van der Waals surface area contributed by atoms with Gasteiger partial charge in [-0.25, -0.2) is 0 Å². The van der Waals surface area contributed by atoms with E-state index in [-0.39, 0.29) is 17.6 Å². The molecule has 0 aromatic heterocycles. The van der Waals surface area contributed by atoms with Crippen LogP contribution in [0.1, 0.15) is 32.4 Å². The van der Waals surface area contributed by atoms with Gasteiger partial charge in [-0.15, -0.1) is 0 Å². The van der Waals surface area contributed by atoms with Gasteiger partial charge in [0.25, 0.3) is 0 Å². The Morgan fingerprint density at radius 3 is 1.94 bits per heavy atom. The fourth-order valence-corrected chi connectivity index (χ4v) is 2.04. The van der Waals surface area contributed by atoms with Crippen molar-refractivity contribution in [3.05, 3.63) is 29.8 Å². The molecule has 0 saturated carbocycles. The summed E-state index contributed by atoms with van der Waals surface area (Å²) < 4.78 is 10.7. The molecular formula is C14H23NO2. The topological polar surface area (TPSA) is 44.5 Å². The van der Waals surface area contributed by atoms with Gasteiger partial charge in [-0.05, 0) is 23.1 Å². The van der Waals surface area contributed by atoms with Crippen LogP contribution in [0.5, 0.6) is 5.75 Å². The molecule has 0 aliphatic rings. The number of methoxy groups -OCH3 is 2. The Morgan fingerprint density at radius 1 is 1.06 bits per heavy atom. The summed E-state index contributed by atoms with van der Waals surface area (Å²) in [4.78, 5) is 0. The highest BCUT2D eigenvalue weighted by Gasteiger charge is 2.30. The van der Waals surface area contributed by atoms with Crippen molar-refractivity contribution in [1.82, 2.24) is 0 Å². The van der Waals surface area contributed by atoms with Gasteiger partial charge in [0.2, 0.25) is 0 Å². The van der Waals surface area contributed by atoms with Crippen molar-refractivity contribution in [2.24, 2.45) is 11.1 Å². The van der Waals surface area contributed by atoms with Crippen LogP contribution in [-0.4, -0.2) is 20.3 Å². The van der Waals surface area contributed by atoms with E-state index in [1.54, 1.807) is 14.2 Å². The Bertz CT molecular complexity index is 340. The summed E-state index contributed by atoms with van der Waals surface area (Å²) in [6.07, 6.45) is -0.0177. The Balaban J connectivity index is 2.90. The Morgan fingerprint density at radius 2 is 1.59 bits per heavy atom. The summed E-state index contributed by atoms with van der Waals surface area (Å²) in [6.45, 7) is 6.39. The smallest absolute Gasteiger partial charge is 0.118 e. The molecule has 2 atom stereocenters. The lowest BCUT2D eigenvalue weighted by molar-refractivity contribution is -0.00244. The molecule has 3 heteroatoms. The van der Waals surface area contributed by atoms with Gasteiger partial charge < -0.3 is 15.2 Å². The zero-order valence-corrected chi connectivity index (χ0v) is 11.4. The standard InChI is InChI=1S/C14H23NO2/c1-14(2,3)13(17-5)12(15)10-6-8-11(16-4)9-7-10/h6-9,12-13H,15H2,1-5H3. The number of ether oxygens (including phenoxy) is 2. The van der Waals surface area contributed by atoms with Crippen LogP contribution in [0.25, 0.3) is 0 Å². The third-order valence-corrected chi connectivity index (χ3v) is 2.93. The first kappa shape index (κ1) is 14.0. The van der Waals surface area contributed by atoms with Crippen molar-refractivity contribution in [2.75, 3.05) is 14.2 Å². The zero-order chi connectivity index (χ0) is 13.1. The van der Waals surface area contributed by atoms with Crippen molar-refractivity contribution >= 4 is 0 Å². The van der Waals surface area contributed by atoms with E-state index < -0.39 is 0 Å². The monoisotopic (exact) mass is 237 g/mol. The van der Waals surface area contributed by atoms with Crippen molar-refractivity contribution < 1.29 is 9.47 Å². The van der Waals surface area contributed by atoms with Crippen molar-refractivity contribution in [1.29, 1.82) is 0 Å². The highest BCUT2D eigenvalue weighted by Crippen LogP contribution is 2.31. The first-order valence-corrected chi connectivity index (χ1v) is 5.82. The molecule has 0 radical (unpaired) electrons. The first-order valence-electron chi connectivity index (χ1n) is 5.82. The molecule has 96 valence electrons. The minimum absolute atomic E-state index is 0.00803. The second kappa shape index (κ2) is 5.52. The largest absolute Gasteiger partial charge is 0.497 e. The van der Waals surface area contributed by atoms with E-state index in [0.717, 1.165) is 11.3 Å². The molecule has 3 nitrogen and oxygen atoms in total. The average Bonchev–Trinajstić information content (AvgIpc) is 2.28. The molecule has 0 aliphatic heterocycles. The molecule has 0 spiro atoms. The lowest BCUT2D eigenvalue weighted by Crippen LogP contribution is -2.38. The third kappa shape index (κ3) is 3.45. The highest BCUT2D eigenvalue weighted by molar-refractivity contribution is 5.29. The van der Waals surface area contributed by atoms with Crippen LogP contribution in [-0.2, 0) is 4.74 Å². The van der Waals surface area contributed by atoms with Crippen LogP contribution in [0, 0.1) is 5.41 Å². The Hall–Kier alpha value is -1.06. The summed E-state index contributed by atoms with van der Waals surface area (Å²) >= 11 is 0. The van der Waals surface area contributed by atoms with E-state index in [4.69, 9.17) is 15.2 Å². The summed E-state index contributed by atoms with van der Waals surface area (Å²) in [7, 11) is 3.36. The lowest BCUT2D eigenvalue weighted by Gasteiger charge is -2.34. The van der Waals surface area contributed by atoms with Crippen LogP contribution in [0.3, 0.4) is 0 Å². The number of nitrogens with two attached hydrogens (primary N) is 1. The fourth-order valence-electron chi connectivity index (χ4n) is 2.04. The van der Waals surface area contributed by atoms with Crippen LogP contribution in [0.2, 0.25) is 0 Å². The zero-order valence-electron chi connectivity index (χ0n) is 11.4. The molecule has 1 rings (SSSR count). The van der Waals surface area contributed by atoms with E-state index in [2.05, 4.69) is 20.8 Å². The van der Waals surface area contributed by atoms with Crippen LogP contribution >= 0.6 is 0 Å². The van der Waals surface area contributed by atoms with Crippen LogP contribution in [0.15, 0.2) is 24.3 Å². The highest BCUT2D eigenvalue weighted by atomic mass is 16.5. The minimum atomic E-state index is -0.133. The number of hydrogen-bond donors (Lipinski definition) is 1. The molecule has 0 saturated heterocycles. The Labute approximate surface area is 104 Å².